The van der Waals surface area contributed by atoms with Gasteiger partial charge in [-0.3, -0.25) is 0 Å². The maximum Gasteiger partial charge on any atom is 0.322 e. The van der Waals surface area contributed by atoms with Gasteiger partial charge in [0.05, 0.1) is 6.54 Å². The van der Waals surface area contributed by atoms with Crippen LogP contribution in [-0.2, 0) is 23.3 Å². The third-order valence-electron chi connectivity index (χ3n) is 5.25. The molecular formula is C20H21FN4O3S. The van der Waals surface area contributed by atoms with Crippen LogP contribution in [0.25, 0.3) is 5.57 Å². The number of urea groups is 1. The highest BCUT2D eigenvalue weighted by molar-refractivity contribution is 7.86. The van der Waals surface area contributed by atoms with Crippen molar-refractivity contribution in [2.24, 2.45) is 5.14 Å². The average Bonchev–Trinajstić information content (AvgIpc) is 3.14. The van der Waals surface area contributed by atoms with Crippen molar-refractivity contribution >= 4 is 27.5 Å². The molecule has 0 aromatic heterocycles. The van der Waals surface area contributed by atoms with Gasteiger partial charge in [0, 0.05) is 30.9 Å². The molecule has 4 rings (SSSR count). The topological polar surface area (TPSA) is 95.7 Å². The summed E-state index contributed by atoms with van der Waals surface area (Å²) in [7, 11) is -3.67. The molecule has 0 saturated heterocycles. The van der Waals surface area contributed by atoms with E-state index >= 15 is 0 Å². The zero-order valence-corrected chi connectivity index (χ0v) is 16.5. The number of nitrogens with zero attached hydrogens (tertiary/aromatic N) is 2. The molecule has 0 bridgehead atoms. The number of rotatable bonds is 3. The van der Waals surface area contributed by atoms with E-state index in [1.807, 2.05) is 24.3 Å². The van der Waals surface area contributed by atoms with Crippen molar-refractivity contribution in [2.75, 3.05) is 18.4 Å². The lowest BCUT2D eigenvalue weighted by atomic mass is 10.0. The Labute approximate surface area is 168 Å². The maximum absolute atomic E-state index is 13.9. The van der Waals surface area contributed by atoms with Crippen molar-refractivity contribution < 1.29 is 17.6 Å². The van der Waals surface area contributed by atoms with Gasteiger partial charge in [-0.25, -0.2) is 14.3 Å². The predicted octanol–water partition coefficient (Wildman–Crippen LogP) is 2.67. The third-order valence-corrected chi connectivity index (χ3v) is 6.30. The van der Waals surface area contributed by atoms with Crippen LogP contribution in [0.1, 0.15) is 23.1 Å². The van der Waals surface area contributed by atoms with Crippen molar-refractivity contribution in [1.29, 1.82) is 0 Å². The van der Waals surface area contributed by atoms with Gasteiger partial charge in [0.1, 0.15) is 5.82 Å². The minimum atomic E-state index is -3.67. The Balaban J connectivity index is 1.39. The van der Waals surface area contributed by atoms with Gasteiger partial charge >= 0.3 is 6.03 Å². The molecule has 2 amide bonds. The second kappa shape index (κ2) is 7.58. The number of anilines is 1. The first-order valence-corrected chi connectivity index (χ1v) is 10.7. The summed E-state index contributed by atoms with van der Waals surface area (Å²) >= 11 is 0. The van der Waals surface area contributed by atoms with Crippen LogP contribution in [0, 0.1) is 5.82 Å². The molecule has 2 heterocycles. The van der Waals surface area contributed by atoms with E-state index in [9.17, 15) is 17.6 Å². The van der Waals surface area contributed by atoms with Crippen LogP contribution in [0.3, 0.4) is 0 Å². The van der Waals surface area contributed by atoms with Crippen LogP contribution in [0.15, 0.2) is 48.5 Å². The molecule has 29 heavy (non-hydrogen) atoms. The first kappa shape index (κ1) is 19.6. The normalized spacial score (nSPS) is 17.0. The van der Waals surface area contributed by atoms with Crippen molar-refractivity contribution in [3.05, 3.63) is 71.0 Å². The molecule has 7 nitrogen and oxygen atoms in total. The number of carbonyl (C=O) groups excluding carboxylic acids is 1. The molecule has 9 heteroatoms. The van der Waals surface area contributed by atoms with Gasteiger partial charge in [0.15, 0.2) is 0 Å². The van der Waals surface area contributed by atoms with Crippen LogP contribution in [0.2, 0.25) is 0 Å². The number of nitrogens with one attached hydrogen (secondary N) is 1. The fourth-order valence-electron chi connectivity index (χ4n) is 3.64. The van der Waals surface area contributed by atoms with E-state index in [0.29, 0.717) is 30.8 Å². The summed E-state index contributed by atoms with van der Waals surface area (Å²) < 4.78 is 37.9. The quantitative estimate of drug-likeness (QED) is 0.805. The Hall–Kier alpha value is -2.75. The third kappa shape index (κ3) is 4.16. The summed E-state index contributed by atoms with van der Waals surface area (Å²) in [6.45, 7) is 1.22. The van der Waals surface area contributed by atoms with Gasteiger partial charge in [-0.15, -0.1) is 0 Å². The molecule has 0 fully saturated rings. The van der Waals surface area contributed by atoms with Crippen molar-refractivity contribution in [1.82, 2.24) is 9.21 Å². The van der Waals surface area contributed by atoms with Gasteiger partial charge in [0.2, 0.25) is 0 Å². The van der Waals surface area contributed by atoms with Gasteiger partial charge in [0.25, 0.3) is 10.2 Å². The first-order valence-electron chi connectivity index (χ1n) is 9.21. The van der Waals surface area contributed by atoms with E-state index in [-0.39, 0.29) is 24.9 Å². The molecule has 0 radical (unpaired) electrons. The lowest BCUT2D eigenvalue weighted by Crippen LogP contribution is -2.39. The number of benzene rings is 2. The second-order valence-corrected chi connectivity index (χ2v) is 8.67. The second-order valence-electron chi connectivity index (χ2n) is 7.12. The summed E-state index contributed by atoms with van der Waals surface area (Å²) in [6.07, 6.45) is 2.41. The Morgan fingerprint density at radius 3 is 2.48 bits per heavy atom. The molecule has 2 aromatic carbocycles. The Bertz CT molecular complexity index is 1080. The number of hydrogen-bond donors (Lipinski definition) is 2. The molecule has 3 N–H and O–H groups in total. The molecule has 2 aliphatic heterocycles. The smallest absolute Gasteiger partial charge is 0.316 e. The summed E-state index contributed by atoms with van der Waals surface area (Å²) in [5.74, 6) is -0.288. The SMILES string of the molecule is NS(=O)(=O)N1CC=C(c2ccc(NC(=O)N3Cc4cccc(F)c4C3)cc2)CC1. The highest BCUT2D eigenvalue weighted by Gasteiger charge is 2.25. The van der Waals surface area contributed by atoms with Crippen LogP contribution < -0.4 is 10.5 Å². The zero-order valence-electron chi connectivity index (χ0n) is 15.6. The minimum absolute atomic E-state index is 0.249. The monoisotopic (exact) mass is 416 g/mol. The molecule has 0 unspecified atom stereocenters. The first-order chi connectivity index (χ1) is 13.8. The van der Waals surface area contributed by atoms with Crippen LogP contribution in [0.4, 0.5) is 14.9 Å². The zero-order chi connectivity index (χ0) is 20.6. The number of carbonyl (C=O) groups is 1. The molecule has 0 spiro atoms. The van der Waals surface area contributed by atoms with E-state index in [1.54, 1.807) is 23.1 Å². The van der Waals surface area contributed by atoms with Gasteiger partial charge in [-0.2, -0.15) is 12.7 Å². The largest absolute Gasteiger partial charge is 0.322 e. The summed E-state index contributed by atoms with van der Waals surface area (Å²) in [6, 6.07) is 12.0. The molecule has 2 aliphatic rings. The van der Waals surface area contributed by atoms with Gasteiger partial charge in [-0.05, 0) is 41.3 Å². The summed E-state index contributed by atoms with van der Waals surface area (Å²) in [5, 5.41) is 7.99. The summed E-state index contributed by atoms with van der Waals surface area (Å²) in [5.41, 5.74) is 4.03. The molecule has 0 aliphatic carbocycles. The highest BCUT2D eigenvalue weighted by atomic mass is 32.2. The molecule has 152 valence electrons. The van der Waals surface area contributed by atoms with Crippen LogP contribution >= 0.6 is 0 Å². The fourth-order valence-corrected chi connectivity index (χ4v) is 4.27. The van der Waals surface area contributed by atoms with E-state index in [4.69, 9.17) is 5.14 Å². The molecule has 0 atom stereocenters. The number of amides is 2. The highest BCUT2D eigenvalue weighted by Crippen LogP contribution is 2.27. The Morgan fingerprint density at radius 1 is 1.10 bits per heavy atom. The Kier molecular flexibility index (Phi) is 5.12. The van der Waals surface area contributed by atoms with Crippen LogP contribution in [-0.4, -0.2) is 36.7 Å². The van der Waals surface area contributed by atoms with E-state index in [2.05, 4.69) is 5.32 Å². The maximum atomic E-state index is 13.9. The Morgan fingerprint density at radius 2 is 1.86 bits per heavy atom. The summed E-state index contributed by atoms with van der Waals surface area (Å²) in [4.78, 5) is 14.1. The average molecular weight is 416 g/mol. The van der Waals surface area contributed by atoms with Crippen molar-refractivity contribution in [2.45, 2.75) is 19.5 Å². The van der Waals surface area contributed by atoms with Gasteiger partial charge < -0.3 is 10.2 Å². The number of nitrogens with two attached hydrogens (primary N) is 1. The number of fused-ring (bicyclic) bond motifs is 1. The lowest BCUT2D eigenvalue weighted by molar-refractivity contribution is 0.212. The lowest BCUT2D eigenvalue weighted by Gasteiger charge is -2.24. The molecular weight excluding hydrogens is 395 g/mol. The number of hydrogen-bond acceptors (Lipinski definition) is 3. The van der Waals surface area contributed by atoms with Crippen molar-refractivity contribution in [3.63, 3.8) is 0 Å². The number of halogens is 1. The molecule has 2 aromatic rings. The fraction of sp³-hybridized carbons (Fsp3) is 0.250. The predicted molar refractivity (Wildman–Crippen MR) is 108 cm³/mol. The minimum Gasteiger partial charge on any atom is -0.316 e. The molecule has 0 saturated carbocycles. The van der Waals surface area contributed by atoms with E-state index in [0.717, 1.165) is 16.7 Å². The van der Waals surface area contributed by atoms with Crippen LogP contribution in [0.5, 0.6) is 0 Å². The van der Waals surface area contributed by atoms with E-state index < -0.39 is 10.2 Å². The standard InChI is InChI=1S/C20H21FN4O3S/c21-19-3-1-2-16-12-24(13-18(16)19)20(26)23-17-6-4-14(5-7-17)15-8-10-25(11-9-15)29(22,27)28/h1-8H,9-13H2,(H,23,26)(H2,22,27,28). The van der Waals surface area contributed by atoms with Crippen molar-refractivity contribution in [3.8, 4) is 0 Å². The van der Waals surface area contributed by atoms with Gasteiger partial charge in [-0.1, -0.05) is 30.3 Å². The van der Waals surface area contributed by atoms with E-state index in [1.165, 1.54) is 10.4 Å².